The smallest absolute Gasteiger partial charge is 0.119 e. The minimum absolute atomic E-state index is 0.151. The van der Waals surface area contributed by atoms with Crippen molar-refractivity contribution >= 4 is 26.8 Å². The van der Waals surface area contributed by atoms with Crippen molar-refractivity contribution in [2.24, 2.45) is 13.0 Å². The number of aryl methyl sites for hydroxylation is 1. The summed E-state index contributed by atoms with van der Waals surface area (Å²) in [5, 5.41) is 1.40. The summed E-state index contributed by atoms with van der Waals surface area (Å²) in [6.45, 7) is 7.18. The summed E-state index contributed by atoms with van der Waals surface area (Å²) in [4.78, 5) is 2.57. The van der Waals surface area contributed by atoms with E-state index in [0.717, 1.165) is 42.7 Å². The molecule has 0 bridgehead atoms. The highest BCUT2D eigenvalue weighted by Crippen LogP contribution is 2.50. The van der Waals surface area contributed by atoms with Crippen LogP contribution in [0.4, 0.5) is 0 Å². The van der Waals surface area contributed by atoms with Crippen molar-refractivity contribution < 1.29 is 4.74 Å². The van der Waals surface area contributed by atoms with Gasteiger partial charge in [0, 0.05) is 46.6 Å². The zero-order valence-electron chi connectivity index (χ0n) is 17.8. The van der Waals surface area contributed by atoms with Gasteiger partial charge in [0.05, 0.1) is 7.11 Å². The van der Waals surface area contributed by atoms with Crippen LogP contribution in [0.5, 0.6) is 5.75 Å². The molecule has 4 heteroatoms. The van der Waals surface area contributed by atoms with Crippen LogP contribution in [0, 0.1) is 5.92 Å². The second-order valence-electron chi connectivity index (χ2n) is 8.91. The largest absolute Gasteiger partial charge is 0.497 e. The highest BCUT2D eigenvalue weighted by atomic mass is 79.9. The maximum Gasteiger partial charge on any atom is 0.119 e. The number of hydrogen-bond donors (Lipinski definition) is 0. The molecule has 2 aliphatic rings. The summed E-state index contributed by atoms with van der Waals surface area (Å²) in [5.74, 6) is 1.54. The Bertz CT molecular complexity index is 1120. The monoisotopic (exact) mass is 464 g/mol. The molecule has 2 heterocycles. The average molecular weight is 465 g/mol. The van der Waals surface area contributed by atoms with Gasteiger partial charge in [0.2, 0.25) is 0 Å². The Balaban J connectivity index is 1.67. The standard InChI is InChI=1S/C26H29BrN2O/c1-4-11-29-12-10-26(18-6-5-7-21(13-18)30-3)16-25-22(14-19(26)17-29)23-15-20(27)8-9-24(23)28(25)2/h4-9,13,15,19H,1,10-12,14,16-17H2,2-3H3. The minimum atomic E-state index is 0.151. The predicted molar refractivity (Wildman–Crippen MR) is 127 cm³/mol. The van der Waals surface area contributed by atoms with Gasteiger partial charge in [-0.05, 0) is 73.2 Å². The van der Waals surface area contributed by atoms with E-state index in [0.29, 0.717) is 5.92 Å². The summed E-state index contributed by atoms with van der Waals surface area (Å²) in [6.07, 6.45) is 5.42. The van der Waals surface area contributed by atoms with E-state index in [1.165, 1.54) is 34.1 Å². The van der Waals surface area contributed by atoms with Crippen LogP contribution >= 0.6 is 15.9 Å². The second kappa shape index (κ2) is 7.58. The van der Waals surface area contributed by atoms with Gasteiger partial charge in [-0.3, -0.25) is 4.90 Å². The van der Waals surface area contributed by atoms with Crippen LogP contribution in [0.1, 0.15) is 23.2 Å². The molecule has 0 radical (unpaired) electrons. The van der Waals surface area contributed by atoms with Crippen molar-refractivity contribution in [2.45, 2.75) is 24.7 Å². The molecule has 1 aliphatic heterocycles. The average Bonchev–Trinajstić information content (AvgIpc) is 3.03. The first-order valence-corrected chi connectivity index (χ1v) is 11.6. The lowest BCUT2D eigenvalue weighted by atomic mass is 9.58. The molecule has 1 fully saturated rings. The lowest BCUT2D eigenvalue weighted by Crippen LogP contribution is -2.53. The van der Waals surface area contributed by atoms with Crippen molar-refractivity contribution in [3.8, 4) is 5.75 Å². The lowest BCUT2D eigenvalue weighted by molar-refractivity contribution is 0.0888. The van der Waals surface area contributed by atoms with Gasteiger partial charge >= 0.3 is 0 Å². The topological polar surface area (TPSA) is 17.4 Å². The molecule has 2 aromatic carbocycles. The van der Waals surface area contributed by atoms with Crippen molar-refractivity contribution in [3.63, 3.8) is 0 Å². The number of rotatable bonds is 4. The molecule has 30 heavy (non-hydrogen) atoms. The molecule has 1 saturated heterocycles. The Labute approximate surface area is 187 Å². The molecule has 1 aromatic heterocycles. The van der Waals surface area contributed by atoms with Gasteiger partial charge in [-0.15, -0.1) is 6.58 Å². The third-order valence-corrected chi connectivity index (χ3v) is 7.99. The molecule has 0 amide bonds. The predicted octanol–water partition coefficient (Wildman–Crippen LogP) is 5.49. The number of aromatic nitrogens is 1. The van der Waals surface area contributed by atoms with E-state index >= 15 is 0 Å². The third-order valence-electron chi connectivity index (χ3n) is 7.50. The number of fused-ring (bicyclic) bond motifs is 4. The fraction of sp³-hybridized carbons (Fsp3) is 0.385. The quantitative estimate of drug-likeness (QED) is 0.474. The SMILES string of the molecule is C=CCN1CCC2(c3cccc(OC)c3)Cc3c(c4cc(Br)ccc4n3C)CC2C1. The van der Waals surface area contributed by atoms with E-state index in [-0.39, 0.29) is 5.41 Å². The molecule has 2 atom stereocenters. The van der Waals surface area contributed by atoms with E-state index < -0.39 is 0 Å². The molecular formula is C26H29BrN2O. The first-order valence-electron chi connectivity index (χ1n) is 10.8. The van der Waals surface area contributed by atoms with Gasteiger partial charge in [0.15, 0.2) is 0 Å². The minimum Gasteiger partial charge on any atom is -0.497 e. The summed E-state index contributed by atoms with van der Waals surface area (Å²) in [6, 6.07) is 15.5. The van der Waals surface area contributed by atoms with Crippen LogP contribution in [0.25, 0.3) is 10.9 Å². The number of methoxy groups -OCH3 is 1. The summed E-state index contributed by atoms with van der Waals surface area (Å²) in [7, 11) is 4.00. The maximum atomic E-state index is 5.60. The van der Waals surface area contributed by atoms with Crippen LogP contribution in [0.3, 0.4) is 0 Å². The van der Waals surface area contributed by atoms with Crippen LogP contribution in [-0.4, -0.2) is 36.2 Å². The maximum absolute atomic E-state index is 5.60. The van der Waals surface area contributed by atoms with Gasteiger partial charge in [0.25, 0.3) is 0 Å². The Kier molecular flexibility index (Phi) is 5.03. The molecule has 3 aromatic rings. The second-order valence-corrected chi connectivity index (χ2v) is 9.83. The third kappa shape index (κ3) is 3.04. The van der Waals surface area contributed by atoms with Crippen molar-refractivity contribution in [1.29, 1.82) is 0 Å². The van der Waals surface area contributed by atoms with Crippen LogP contribution in [0.2, 0.25) is 0 Å². The Hall–Kier alpha value is -2.04. The number of halogens is 1. The van der Waals surface area contributed by atoms with Crippen LogP contribution in [-0.2, 0) is 25.3 Å². The lowest BCUT2D eigenvalue weighted by Gasteiger charge is -2.51. The zero-order chi connectivity index (χ0) is 20.9. The van der Waals surface area contributed by atoms with Gasteiger partial charge < -0.3 is 9.30 Å². The molecule has 1 aliphatic carbocycles. The first kappa shape index (κ1) is 19.9. The molecule has 3 nitrogen and oxygen atoms in total. The molecular weight excluding hydrogens is 436 g/mol. The number of likely N-dealkylation sites (tertiary alicyclic amines) is 1. The van der Waals surface area contributed by atoms with Crippen molar-refractivity contribution in [3.05, 3.63) is 76.4 Å². The number of hydrogen-bond acceptors (Lipinski definition) is 2. The van der Waals surface area contributed by atoms with E-state index in [1.807, 2.05) is 6.08 Å². The number of ether oxygens (including phenoxy) is 1. The normalized spacial score (nSPS) is 23.8. The highest BCUT2D eigenvalue weighted by Gasteiger charge is 2.48. The van der Waals surface area contributed by atoms with E-state index in [2.05, 4.69) is 81.5 Å². The van der Waals surface area contributed by atoms with E-state index in [9.17, 15) is 0 Å². The van der Waals surface area contributed by atoms with Gasteiger partial charge in [0.1, 0.15) is 5.75 Å². The van der Waals surface area contributed by atoms with E-state index in [4.69, 9.17) is 4.74 Å². The van der Waals surface area contributed by atoms with Crippen molar-refractivity contribution in [1.82, 2.24) is 9.47 Å². The summed E-state index contributed by atoms with van der Waals surface area (Å²) >= 11 is 3.69. The van der Waals surface area contributed by atoms with E-state index in [1.54, 1.807) is 7.11 Å². The number of piperidine rings is 1. The van der Waals surface area contributed by atoms with Gasteiger partial charge in [-0.2, -0.15) is 0 Å². The van der Waals surface area contributed by atoms with Gasteiger partial charge in [-0.1, -0.05) is 34.1 Å². The molecule has 5 rings (SSSR count). The fourth-order valence-corrected chi connectivity index (χ4v) is 6.30. The Morgan fingerprint density at radius 2 is 2.13 bits per heavy atom. The molecule has 0 spiro atoms. The number of benzene rings is 2. The van der Waals surface area contributed by atoms with Crippen LogP contribution in [0.15, 0.2) is 59.6 Å². The van der Waals surface area contributed by atoms with Crippen LogP contribution < -0.4 is 4.74 Å². The fourth-order valence-electron chi connectivity index (χ4n) is 5.94. The number of nitrogens with zero attached hydrogens (tertiary/aromatic N) is 2. The molecule has 0 N–H and O–H groups in total. The Morgan fingerprint density at radius 3 is 2.93 bits per heavy atom. The molecule has 2 unspecified atom stereocenters. The summed E-state index contributed by atoms with van der Waals surface area (Å²) in [5.41, 5.74) is 5.96. The Morgan fingerprint density at radius 1 is 1.27 bits per heavy atom. The van der Waals surface area contributed by atoms with Crippen molar-refractivity contribution in [2.75, 3.05) is 26.7 Å². The summed E-state index contributed by atoms with van der Waals surface area (Å²) < 4.78 is 9.20. The molecule has 156 valence electrons. The molecule has 0 saturated carbocycles. The van der Waals surface area contributed by atoms with Gasteiger partial charge in [-0.25, -0.2) is 0 Å². The first-order chi connectivity index (χ1) is 14.6. The zero-order valence-corrected chi connectivity index (χ0v) is 19.4. The highest BCUT2D eigenvalue weighted by molar-refractivity contribution is 9.10.